The Balaban J connectivity index is 2.49. The molecular weight excluding hydrogens is 267 g/mol. The van der Waals surface area contributed by atoms with Crippen LogP contribution in [0, 0.1) is 5.82 Å². The van der Waals surface area contributed by atoms with Crippen molar-refractivity contribution >= 4 is 33.3 Å². The van der Waals surface area contributed by atoms with Gasteiger partial charge in [0.2, 0.25) is 0 Å². The van der Waals surface area contributed by atoms with Gasteiger partial charge in [0.15, 0.2) is 5.82 Å². The van der Waals surface area contributed by atoms with Crippen molar-refractivity contribution in [1.82, 2.24) is 4.37 Å². The van der Waals surface area contributed by atoms with Gasteiger partial charge in [0.1, 0.15) is 5.82 Å². The molecule has 0 unspecified atom stereocenters. The van der Waals surface area contributed by atoms with Crippen LogP contribution in [-0.4, -0.2) is 4.37 Å². The minimum atomic E-state index is -0.248. The van der Waals surface area contributed by atoms with E-state index in [0.717, 1.165) is 14.9 Å². The first kappa shape index (κ1) is 9.61. The summed E-state index contributed by atoms with van der Waals surface area (Å²) in [6, 6.07) is 6.23. The molecule has 1 aromatic heterocycles. The van der Waals surface area contributed by atoms with Crippen LogP contribution in [0.4, 0.5) is 10.2 Å². The molecule has 0 atom stereocenters. The molecule has 0 bridgehead atoms. The van der Waals surface area contributed by atoms with Crippen LogP contribution in [0.15, 0.2) is 28.7 Å². The number of nitrogen functional groups attached to an aromatic ring is 1. The quantitative estimate of drug-likeness (QED) is 0.865. The lowest BCUT2D eigenvalue weighted by molar-refractivity contribution is 0.628. The van der Waals surface area contributed by atoms with E-state index >= 15 is 0 Å². The summed E-state index contributed by atoms with van der Waals surface area (Å²) in [6.07, 6.45) is 0. The molecule has 2 aromatic rings. The van der Waals surface area contributed by atoms with E-state index in [9.17, 15) is 4.39 Å². The average molecular weight is 273 g/mol. The van der Waals surface area contributed by atoms with E-state index in [1.54, 1.807) is 12.1 Å². The zero-order valence-corrected chi connectivity index (χ0v) is 9.40. The number of benzene rings is 1. The van der Waals surface area contributed by atoms with Crippen molar-refractivity contribution in [3.63, 3.8) is 0 Å². The Morgan fingerprint density at radius 3 is 2.43 bits per heavy atom. The van der Waals surface area contributed by atoms with Gasteiger partial charge >= 0.3 is 0 Å². The normalized spacial score (nSPS) is 10.4. The number of rotatable bonds is 1. The molecule has 0 aliphatic heterocycles. The van der Waals surface area contributed by atoms with Crippen LogP contribution < -0.4 is 5.73 Å². The van der Waals surface area contributed by atoms with Crippen LogP contribution in [0.1, 0.15) is 0 Å². The second kappa shape index (κ2) is 3.67. The zero-order chi connectivity index (χ0) is 10.1. The molecule has 0 saturated heterocycles. The molecule has 0 fully saturated rings. The molecule has 0 aliphatic carbocycles. The smallest absolute Gasteiger partial charge is 0.152 e. The Kier molecular flexibility index (Phi) is 2.52. The first-order valence-electron chi connectivity index (χ1n) is 3.85. The lowest BCUT2D eigenvalue weighted by atomic mass is 10.2. The lowest BCUT2D eigenvalue weighted by Crippen LogP contribution is -1.83. The Labute approximate surface area is 92.9 Å². The zero-order valence-electron chi connectivity index (χ0n) is 7.00. The van der Waals surface area contributed by atoms with Crippen molar-refractivity contribution in [2.24, 2.45) is 0 Å². The molecule has 5 heteroatoms. The number of anilines is 1. The summed E-state index contributed by atoms with van der Waals surface area (Å²) < 4.78 is 17.4. The van der Waals surface area contributed by atoms with E-state index in [1.807, 2.05) is 0 Å². The Morgan fingerprint density at radius 1 is 1.29 bits per heavy atom. The number of hydrogen-bond donors (Lipinski definition) is 1. The molecule has 0 spiro atoms. The molecule has 0 saturated carbocycles. The van der Waals surface area contributed by atoms with E-state index in [1.165, 1.54) is 23.7 Å². The summed E-state index contributed by atoms with van der Waals surface area (Å²) in [6.45, 7) is 0. The van der Waals surface area contributed by atoms with Gasteiger partial charge in [-0.05, 0) is 45.2 Å². The van der Waals surface area contributed by atoms with Gasteiger partial charge in [-0.25, -0.2) is 4.39 Å². The van der Waals surface area contributed by atoms with Gasteiger partial charge in [-0.15, -0.1) is 0 Å². The van der Waals surface area contributed by atoms with Gasteiger partial charge < -0.3 is 5.73 Å². The maximum atomic E-state index is 12.7. The van der Waals surface area contributed by atoms with Crippen LogP contribution in [0.2, 0.25) is 0 Å². The van der Waals surface area contributed by atoms with Gasteiger partial charge in [-0.3, -0.25) is 0 Å². The average Bonchev–Trinajstić information content (AvgIpc) is 2.50. The van der Waals surface area contributed by atoms with E-state index in [2.05, 4.69) is 20.3 Å². The van der Waals surface area contributed by atoms with Crippen LogP contribution in [0.5, 0.6) is 0 Å². The van der Waals surface area contributed by atoms with E-state index in [4.69, 9.17) is 5.73 Å². The highest BCUT2D eigenvalue weighted by atomic mass is 79.9. The molecular formula is C9H6BrFN2S. The van der Waals surface area contributed by atoms with Gasteiger partial charge in [-0.2, -0.15) is 4.37 Å². The predicted octanol–water partition coefficient (Wildman–Crippen LogP) is 3.29. The third-order valence-electron chi connectivity index (χ3n) is 1.77. The van der Waals surface area contributed by atoms with Gasteiger partial charge in [0.25, 0.3) is 0 Å². The molecule has 1 heterocycles. The summed E-state index contributed by atoms with van der Waals surface area (Å²) in [4.78, 5) is 0.919. The molecule has 14 heavy (non-hydrogen) atoms. The summed E-state index contributed by atoms with van der Waals surface area (Å²) in [5.74, 6) is 0.219. The highest BCUT2D eigenvalue weighted by molar-refractivity contribution is 9.10. The molecule has 0 radical (unpaired) electrons. The van der Waals surface area contributed by atoms with Crippen molar-refractivity contribution in [2.45, 2.75) is 0 Å². The van der Waals surface area contributed by atoms with E-state index in [-0.39, 0.29) is 5.82 Å². The standard InChI is InChI=1S/C9H6BrFN2S/c10-7-8(14-13-9(7)12)5-1-3-6(11)4-2-5/h1-4H,(H2,12,13). The first-order valence-corrected chi connectivity index (χ1v) is 5.41. The van der Waals surface area contributed by atoms with E-state index in [0.29, 0.717) is 5.82 Å². The first-order chi connectivity index (χ1) is 6.68. The Hall–Kier alpha value is -0.940. The lowest BCUT2D eigenvalue weighted by Gasteiger charge is -1.97. The predicted molar refractivity (Wildman–Crippen MR) is 59.6 cm³/mol. The number of nitrogens with two attached hydrogens (primary N) is 1. The summed E-state index contributed by atoms with van der Waals surface area (Å²) in [5, 5.41) is 0. The van der Waals surface area contributed by atoms with Crippen molar-refractivity contribution in [3.05, 3.63) is 34.6 Å². The molecule has 72 valence electrons. The van der Waals surface area contributed by atoms with Crippen LogP contribution in [0.3, 0.4) is 0 Å². The van der Waals surface area contributed by atoms with Crippen LogP contribution >= 0.6 is 27.5 Å². The minimum absolute atomic E-state index is 0.248. The number of hydrogen-bond acceptors (Lipinski definition) is 3. The maximum Gasteiger partial charge on any atom is 0.152 e. The highest BCUT2D eigenvalue weighted by Crippen LogP contribution is 2.35. The highest BCUT2D eigenvalue weighted by Gasteiger charge is 2.09. The van der Waals surface area contributed by atoms with Gasteiger partial charge in [0, 0.05) is 0 Å². The summed E-state index contributed by atoms with van der Waals surface area (Å²) >= 11 is 4.63. The number of halogens is 2. The van der Waals surface area contributed by atoms with Crippen LogP contribution in [0.25, 0.3) is 10.4 Å². The van der Waals surface area contributed by atoms with Crippen molar-refractivity contribution in [3.8, 4) is 10.4 Å². The summed E-state index contributed by atoms with van der Waals surface area (Å²) in [7, 11) is 0. The second-order valence-corrected chi connectivity index (χ2v) is 4.28. The minimum Gasteiger partial charge on any atom is -0.382 e. The topological polar surface area (TPSA) is 38.9 Å². The van der Waals surface area contributed by atoms with Gasteiger partial charge in [-0.1, -0.05) is 12.1 Å². The van der Waals surface area contributed by atoms with Gasteiger partial charge in [0.05, 0.1) is 9.35 Å². The monoisotopic (exact) mass is 272 g/mol. The van der Waals surface area contributed by atoms with Crippen molar-refractivity contribution in [1.29, 1.82) is 0 Å². The van der Waals surface area contributed by atoms with Crippen molar-refractivity contribution < 1.29 is 4.39 Å². The fourth-order valence-electron chi connectivity index (χ4n) is 1.07. The molecule has 2 nitrogen and oxygen atoms in total. The van der Waals surface area contributed by atoms with E-state index < -0.39 is 0 Å². The maximum absolute atomic E-state index is 12.7. The number of nitrogens with zero attached hydrogens (tertiary/aromatic N) is 1. The Morgan fingerprint density at radius 2 is 1.93 bits per heavy atom. The molecule has 2 rings (SSSR count). The third-order valence-corrected chi connectivity index (χ3v) is 3.74. The van der Waals surface area contributed by atoms with Crippen LogP contribution in [-0.2, 0) is 0 Å². The molecule has 1 aromatic carbocycles. The number of aromatic nitrogens is 1. The molecule has 0 aliphatic rings. The third kappa shape index (κ3) is 1.65. The second-order valence-electron chi connectivity index (χ2n) is 2.72. The molecule has 0 amide bonds. The summed E-state index contributed by atoms with van der Waals surface area (Å²) in [5.41, 5.74) is 6.50. The fourth-order valence-corrected chi connectivity index (χ4v) is 2.43. The SMILES string of the molecule is Nc1nsc(-c2ccc(F)cc2)c1Br. The fraction of sp³-hybridized carbons (Fsp3) is 0. The largest absolute Gasteiger partial charge is 0.382 e. The van der Waals surface area contributed by atoms with Crippen molar-refractivity contribution in [2.75, 3.05) is 5.73 Å². The Bertz CT molecular complexity index is 452. The molecule has 2 N–H and O–H groups in total.